The SMILES string of the molecule is c1ccc(C2=NC(c3cccc4sc5cccc(-c6ccc7c(c6)sc6cccc(-n8c9ccccc9c9ccccc98)c67)c5c34)NC(c3ccccc3)=N2)cc1. The monoisotopic (exact) mass is 764 g/mol. The molecule has 57 heavy (non-hydrogen) atoms. The van der Waals surface area contributed by atoms with E-state index in [0.717, 1.165) is 28.4 Å². The third-order valence-corrected chi connectivity index (χ3v) is 13.5. The number of hydrogen-bond donors (Lipinski definition) is 1. The first kappa shape index (κ1) is 32.4. The minimum atomic E-state index is -0.327. The number of nitrogens with zero attached hydrogens (tertiary/aromatic N) is 3. The highest BCUT2D eigenvalue weighted by Gasteiger charge is 2.25. The molecule has 1 unspecified atom stereocenters. The summed E-state index contributed by atoms with van der Waals surface area (Å²) >= 11 is 3.72. The van der Waals surface area contributed by atoms with Crippen molar-refractivity contribution in [1.82, 2.24) is 9.88 Å². The number of rotatable bonds is 5. The van der Waals surface area contributed by atoms with Crippen LogP contribution in [0.15, 0.2) is 192 Å². The fraction of sp³-hybridized carbons (Fsp3) is 0.0196. The number of aliphatic imine (C=N–C) groups is 2. The van der Waals surface area contributed by atoms with Crippen LogP contribution in [-0.2, 0) is 0 Å². The Morgan fingerprint density at radius 3 is 1.82 bits per heavy atom. The predicted octanol–water partition coefficient (Wildman–Crippen LogP) is 13.7. The van der Waals surface area contributed by atoms with E-state index in [1.807, 2.05) is 46.9 Å². The van der Waals surface area contributed by atoms with Gasteiger partial charge < -0.3 is 9.88 Å². The summed E-state index contributed by atoms with van der Waals surface area (Å²) in [4.78, 5) is 10.3. The lowest BCUT2D eigenvalue weighted by Gasteiger charge is -2.24. The normalized spacial score (nSPS) is 14.5. The second-order valence-corrected chi connectivity index (χ2v) is 16.7. The van der Waals surface area contributed by atoms with Gasteiger partial charge >= 0.3 is 0 Å². The lowest BCUT2D eigenvalue weighted by molar-refractivity contribution is 0.680. The smallest absolute Gasteiger partial charge is 0.159 e. The second-order valence-electron chi connectivity index (χ2n) is 14.5. The molecule has 0 saturated carbocycles. The van der Waals surface area contributed by atoms with E-state index in [-0.39, 0.29) is 6.17 Å². The van der Waals surface area contributed by atoms with Crippen LogP contribution in [0.5, 0.6) is 0 Å². The van der Waals surface area contributed by atoms with Gasteiger partial charge in [-0.1, -0.05) is 140 Å². The Labute approximate surface area is 336 Å². The summed E-state index contributed by atoms with van der Waals surface area (Å²) in [6, 6.07) is 65.4. The zero-order valence-electron chi connectivity index (χ0n) is 30.6. The molecule has 4 heterocycles. The minimum absolute atomic E-state index is 0.327. The molecule has 1 N–H and O–H groups in total. The van der Waals surface area contributed by atoms with Crippen LogP contribution in [0.4, 0.5) is 0 Å². The lowest BCUT2D eigenvalue weighted by atomic mass is 9.95. The predicted molar refractivity (Wildman–Crippen MR) is 244 cm³/mol. The van der Waals surface area contributed by atoms with Gasteiger partial charge in [-0.25, -0.2) is 9.98 Å². The number of amidine groups is 2. The van der Waals surface area contributed by atoms with Gasteiger partial charge in [0.25, 0.3) is 0 Å². The highest BCUT2D eigenvalue weighted by Crippen LogP contribution is 2.46. The molecule has 4 nitrogen and oxygen atoms in total. The van der Waals surface area contributed by atoms with E-state index in [1.165, 1.54) is 79.0 Å². The van der Waals surface area contributed by atoms with Crippen molar-refractivity contribution in [2.45, 2.75) is 6.17 Å². The average molecular weight is 765 g/mol. The van der Waals surface area contributed by atoms with E-state index in [0.29, 0.717) is 0 Å². The van der Waals surface area contributed by atoms with Crippen molar-refractivity contribution in [3.63, 3.8) is 0 Å². The lowest BCUT2D eigenvalue weighted by Crippen LogP contribution is -2.33. The maximum atomic E-state index is 5.29. The van der Waals surface area contributed by atoms with Gasteiger partial charge in [-0.3, -0.25) is 0 Å². The Balaban J connectivity index is 1.03. The zero-order valence-corrected chi connectivity index (χ0v) is 32.2. The van der Waals surface area contributed by atoms with Crippen LogP contribution in [0.3, 0.4) is 0 Å². The summed E-state index contributed by atoms with van der Waals surface area (Å²) < 4.78 is 7.53. The van der Waals surface area contributed by atoms with Crippen LogP contribution in [0.1, 0.15) is 22.9 Å². The van der Waals surface area contributed by atoms with Gasteiger partial charge in [0.1, 0.15) is 12.0 Å². The molecule has 0 fully saturated rings. The first-order valence-electron chi connectivity index (χ1n) is 19.2. The summed E-state index contributed by atoms with van der Waals surface area (Å²) in [7, 11) is 0. The summed E-state index contributed by atoms with van der Waals surface area (Å²) in [6.07, 6.45) is -0.327. The van der Waals surface area contributed by atoms with E-state index in [4.69, 9.17) is 9.98 Å². The number of nitrogens with one attached hydrogen (secondary N) is 1. The van der Waals surface area contributed by atoms with Gasteiger partial charge in [-0.05, 0) is 53.6 Å². The summed E-state index contributed by atoms with van der Waals surface area (Å²) in [5, 5.41) is 11.4. The molecule has 11 aromatic rings. The van der Waals surface area contributed by atoms with Crippen molar-refractivity contribution in [1.29, 1.82) is 0 Å². The Hall–Kier alpha value is -6.86. The van der Waals surface area contributed by atoms with Gasteiger partial charge in [0.05, 0.1) is 16.7 Å². The molecule has 8 aromatic carbocycles. The Bertz CT molecular complexity index is 3390. The number of fused-ring (bicyclic) bond motifs is 9. The Morgan fingerprint density at radius 1 is 0.456 bits per heavy atom. The summed E-state index contributed by atoms with van der Waals surface area (Å²) in [6.45, 7) is 0. The van der Waals surface area contributed by atoms with Gasteiger partial charge in [0.2, 0.25) is 0 Å². The molecule has 0 amide bonds. The number of thiophene rings is 2. The Morgan fingerprint density at radius 2 is 1.07 bits per heavy atom. The zero-order chi connectivity index (χ0) is 37.5. The van der Waals surface area contributed by atoms with Crippen LogP contribution < -0.4 is 5.32 Å². The first-order valence-corrected chi connectivity index (χ1v) is 20.8. The molecule has 1 aliphatic rings. The van der Waals surface area contributed by atoms with Crippen LogP contribution in [0.2, 0.25) is 0 Å². The number of benzene rings is 8. The van der Waals surface area contributed by atoms with Crippen molar-refractivity contribution >= 4 is 96.5 Å². The van der Waals surface area contributed by atoms with Crippen molar-refractivity contribution in [2.75, 3.05) is 0 Å². The van der Waals surface area contributed by atoms with Crippen molar-refractivity contribution < 1.29 is 0 Å². The first-order chi connectivity index (χ1) is 28.3. The Kier molecular flexibility index (Phi) is 7.30. The molecule has 1 atom stereocenters. The summed E-state index contributed by atoms with van der Waals surface area (Å²) in [5.41, 5.74) is 9.28. The van der Waals surface area contributed by atoms with Crippen LogP contribution in [0.25, 0.3) is 79.0 Å². The molecule has 0 bridgehead atoms. The minimum Gasteiger partial charge on any atom is -0.344 e. The molecule has 0 saturated heterocycles. The highest BCUT2D eigenvalue weighted by atomic mass is 32.1. The van der Waals surface area contributed by atoms with Gasteiger partial charge in [-0.2, -0.15) is 0 Å². The molecular formula is C51H32N4S2. The molecule has 3 aromatic heterocycles. The number of para-hydroxylation sites is 2. The standard InChI is InChI=1S/C51H32N4S2/c1-3-14-31(15-4-1)49-52-50(32-16-5-2-6-17-32)54-51(53-49)38-21-12-26-44-48(38)47-34(20-11-25-43(47)56-44)33-28-29-37-45(30-33)57-42-27-13-24-41(46(37)42)55-39-22-9-7-18-35(39)36-19-8-10-23-40(36)55/h1-30,51H,(H,52,53,54). The quantitative estimate of drug-likeness (QED) is 0.186. The van der Waals surface area contributed by atoms with Crippen LogP contribution in [-0.4, -0.2) is 16.2 Å². The average Bonchev–Trinajstić information content (AvgIpc) is 3.96. The van der Waals surface area contributed by atoms with Crippen LogP contribution >= 0.6 is 22.7 Å². The van der Waals surface area contributed by atoms with E-state index in [1.54, 1.807) is 0 Å². The number of aromatic nitrogens is 1. The van der Waals surface area contributed by atoms with Gasteiger partial charge in [0.15, 0.2) is 5.84 Å². The molecule has 268 valence electrons. The topological polar surface area (TPSA) is 41.7 Å². The highest BCUT2D eigenvalue weighted by molar-refractivity contribution is 7.26. The molecule has 0 spiro atoms. The molecule has 0 radical (unpaired) electrons. The van der Waals surface area contributed by atoms with E-state index in [2.05, 4.69) is 168 Å². The third-order valence-electron chi connectivity index (χ3n) is 11.3. The number of hydrogen-bond acceptors (Lipinski definition) is 5. The maximum absolute atomic E-state index is 5.29. The summed E-state index contributed by atoms with van der Waals surface area (Å²) in [5.74, 6) is 1.55. The van der Waals surface area contributed by atoms with Crippen LogP contribution in [0, 0.1) is 0 Å². The maximum Gasteiger partial charge on any atom is 0.159 e. The van der Waals surface area contributed by atoms with Crippen molar-refractivity contribution in [3.8, 4) is 16.8 Å². The largest absolute Gasteiger partial charge is 0.344 e. The second kappa shape index (κ2) is 12.8. The van der Waals surface area contributed by atoms with E-state index < -0.39 is 0 Å². The molecule has 12 rings (SSSR count). The molecule has 6 heteroatoms. The van der Waals surface area contributed by atoms with Gasteiger partial charge in [0, 0.05) is 67.8 Å². The molecular weight excluding hydrogens is 733 g/mol. The fourth-order valence-corrected chi connectivity index (χ4v) is 11.1. The molecule has 0 aliphatic carbocycles. The third kappa shape index (κ3) is 5.11. The van der Waals surface area contributed by atoms with Crippen molar-refractivity contribution in [2.24, 2.45) is 9.98 Å². The van der Waals surface area contributed by atoms with E-state index in [9.17, 15) is 0 Å². The molecule has 1 aliphatic heterocycles. The van der Waals surface area contributed by atoms with Gasteiger partial charge in [-0.15, -0.1) is 22.7 Å². The van der Waals surface area contributed by atoms with Crippen molar-refractivity contribution in [3.05, 3.63) is 199 Å². The fourth-order valence-electron chi connectivity index (χ4n) is 8.77. The van der Waals surface area contributed by atoms with E-state index >= 15 is 0 Å².